The molecule has 3 rings (SSSR count). The molecule has 0 spiro atoms. The second-order valence-corrected chi connectivity index (χ2v) is 6.90. The molecule has 1 N–H and O–H groups in total. The standard InChI is InChI=1S/C18H25N3O.CH4/c1-11(2)13(4)17(22)20-18-19-15-9-8-12(3)10-16(15)21(18)14-6-5-7-14;/h8-11,13-14H,5-7H2,1-4H3,(H,19,20,22);1H4/t13-;/m0./s1. The summed E-state index contributed by atoms with van der Waals surface area (Å²) in [6, 6.07) is 6.75. The zero-order valence-electron chi connectivity index (χ0n) is 13.9. The van der Waals surface area contributed by atoms with E-state index in [0.29, 0.717) is 17.9 Å². The van der Waals surface area contributed by atoms with Crippen molar-refractivity contribution in [1.82, 2.24) is 9.55 Å². The minimum absolute atomic E-state index is 0. The zero-order chi connectivity index (χ0) is 15.9. The third kappa shape index (κ3) is 3.26. The van der Waals surface area contributed by atoms with Crippen LogP contribution in [0.3, 0.4) is 0 Å². The Morgan fingerprint density at radius 2 is 2.00 bits per heavy atom. The van der Waals surface area contributed by atoms with E-state index in [0.717, 1.165) is 11.0 Å². The van der Waals surface area contributed by atoms with E-state index in [1.54, 1.807) is 0 Å². The van der Waals surface area contributed by atoms with E-state index in [9.17, 15) is 4.79 Å². The molecular weight excluding hydrogens is 286 g/mol. The summed E-state index contributed by atoms with van der Waals surface area (Å²) >= 11 is 0. The minimum atomic E-state index is -0.0172. The number of rotatable bonds is 4. The lowest BCUT2D eigenvalue weighted by Crippen LogP contribution is -2.27. The molecule has 1 saturated carbocycles. The molecule has 4 nitrogen and oxygen atoms in total. The van der Waals surface area contributed by atoms with Crippen molar-refractivity contribution in [3.63, 3.8) is 0 Å². The number of hydrogen-bond acceptors (Lipinski definition) is 2. The smallest absolute Gasteiger partial charge is 0.229 e. The summed E-state index contributed by atoms with van der Waals surface area (Å²) in [4.78, 5) is 17.1. The van der Waals surface area contributed by atoms with E-state index in [2.05, 4.69) is 47.8 Å². The van der Waals surface area contributed by atoms with Crippen molar-refractivity contribution < 1.29 is 4.79 Å². The van der Waals surface area contributed by atoms with Crippen LogP contribution in [0.5, 0.6) is 0 Å². The molecule has 0 aliphatic heterocycles. The number of carbonyl (C=O) groups is 1. The fourth-order valence-electron chi connectivity index (χ4n) is 2.83. The molecule has 1 aromatic heterocycles. The Hall–Kier alpha value is -1.84. The quantitative estimate of drug-likeness (QED) is 0.869. The summed E-state index contributed by atoms with van der Waals surface area (Å²) in [5.41, 5.74) is 3.32. The molecule has 1 fully saturated rings. The maximum atomic E-state index is 12.4. The number of benzene rings is 1. The molecule has 1 heterocycles. The normalized spacial score (nSPS) is 16.0. The highest BCUT2D eigenvalue weighted by Crippen LogP contribution is 2.37. The van der Waals surface area contributed by atoms with Gasteiger partial charge in [0.05, 0.1) is 11.0 Å². The Balaban J connectivity index is 0.00000192. The summed E-state index contributed by atoms with van der Waals surface area (Å²) in [5.74, 6) is 1.07. The number of hydrogen-bond donors (Lipinski definition) is 1. The van der Waals surface area contributed by atoms with Crippen molar-refractivity contribution >= 4 is 22.9 Å². The van der Waals surface area contributed by atoms with Gasteiger partial charge >= 0.3 is 0 Å². The van der Waals surface area contributed by atoms with Gasteiger partial charge in [0, 0.05) is 12.0 Å². The highest BCUT2D eigenvalue weighted by Gasteiger charge is 2.26. The lowest BCUT2D eigenvalue weighted by molar-refractivity contribution is -0.120. The minimum Gasteiger partial charge on any atom is -0.307 e. The molecule has 23 heavy (non-hydrogen) atoms. The van der Waals surface area contributed by atoms with Crippen LogP contribution >= 0.6 is 0 Å². The Kier molecular flexibility index (Phi) is 5.12. The lowest BCUT2D eigenvalue weighted by atomic mass is 9.92. The van der Waals surface area contributed by atoms with Crippen LogP contribution in [-0.2, 0) is 4.79 Å². The Morgan fingerprint density at radius 1 is 1.30 bits per heavy atom. The third-order valence-electron chi connectivity index (χ3n) is 4.93. The Bertz CT molecular complexity index is 698. The van der Waals surface area contributed by atoms with Crippen molar-refractivity contribution in [3.05, 3.63) is 23.8 Å². The maximum absolute atomic E-state index is 12.4. The number of fused-ring (bicyclic) bond motifs is 1. The zero-order valence-corrected chi connectivity index (χ0v) is 13.9. The van der Waals surface area contributed by atoms with E-state index in [4.69, 9.17) is 0 Å². The second-order valence-electron chi connectivity index (χ2n) is 6.90. The fraction of sp³-hybridized carbons (Fsp3) is 0.579. The average molecular weight is 315 g/mol. The lowest BCUT2D eigenvalue weighted by Gasteiger charge is -2.29. The van der Waals surface area contributed by atoms with E-state index in [1.807, 2.05) is 13.0 Å². The third-order valence-corrected chi connectivity index (χ3v) is 4.93. The molecule has 4 heteroatoms. The second kappa shape index (κ2) is 6.73. The number of carbonyl (C=O) groups excluding carboxylic acids is 1. The molecule has 0 radical (unpaired) electrons. The van der Waals surface area contributed by atoms with Crippen molar-refractivity contribution in [2.75, 3.05) is 5.32 Å². The van der Waals surface area contributed by atoms with Gasteiger partial charge in [-0.15, -0.1) is 0 Å². The van der Waals surface area contributed by atoms with Crippen molar-refractivity contribution in [2.24, 2.45) is 11.8 Å². The predicted molar refractivity (Wildman–Crippen MR) is 96.7 cm³/mol. The number of nitrogens with one attached hydrogen (secondary N) is 1. The molecular formula is C19H29N3O. The van der Waals surface area contributed by atoms with Gasteiger partial charge in [0.2, 0.25) is 11.9 Å². The van der Waals surface area contributed by atoms with Crippen LogP contribution in [0, 0.1) is 18.8 Å². The molecule has 1 amide bonds. The van der Waals surface area contributed by atoms with Crippen LogP contribution in [0.15, 0.2) is 18.2 Å². The summed E-state index contributed by atoms with van der Waals surface area (Å²) in [6.07, 6.45) is 3.59. The van der Waals surface area contributed by atoms with Gasteiger partial charge in [-0.2, -0.15) is 0 Å². The van der Waals surface area contributed by atoms with E-state index >= 15 is 0 Å². The largest absolute Gasteiger partial charge is 0.307 e. The monoisotopic (exact) mass is 315 g/mol. The highest BCUT2D eigenvalue weighted by atomic mass is 16.2. The Morgan fingerprint density at radius 3 is 2.57 bits per heavy atom. The van der Waals surface area contributed by atoms with E-state index in [1.165, 1.54) is 24.8 Å². The van der Waals surface area contributed by atoms with Crippen LogP contribution in [0.2, 0.25) is 0 Å². The summed E-state index contributed by atoms with van der Waals surface area (Å²) in [6.45, 7) is 8.21. The van der Waals surface area contributed by atoms with Crippen LogP contribution in [0.25, 0.3) is 11.0 Å². The van der Waals surface area contributed by atoms with Crippen LogP contribution in [-0.4, -0.2) is 15.5 Å². The highest BCUT2D eigenvalue weighted by molar-refractivity contribution is 5.93. The van der Waals surface area contributed by atoms with Gasteiger partial charge in [-0.3, -0.25) is 10.1 Å². The van der Waals surface area contributed by atoms with Gasteiger partial charge < -0.3 is 4.57 Å². The first kappa shape index (κ1) is 17.5. The van der Waals surface area contributed by atoms with Crippen molar-refractivity contribution in [1.29, 1.82) is 0 Å². The number of imidazole rings is 1. The van der Waals surface area contributed by atoms with Crippen molar-refractivity contribution in [2.45, 2.75) is 60.4 Å². The molecule has 1 aliphatic rings. The number of amides is 1. The molecule has 0 bridgehead atoms. The summed E-state index contributed by atoms with van der Waals surface area (Å²) in [7, 11) is 0. The Labute approximate surface area is 139 Å². The summed E-state index contributed by atoms with van der Waals surface area (Å²) < 4.78 is 2.23. The molecule has 126 valence electrons. The van der Waals surface area contributed by atoms with Gasteiger partial charge in [0.1, 0.15) is 0 Å². The first-order valence-electron chi connectivity index (χ1n) is 8.27. The summed E-state index contributed by atoms with van der Waals surface area (Å²) in [5, 5.41) is 3.06. The molecule has 1 aromatic carbocycles. The van der Waals surface area contributed by atoms with Crippen molar-refractivity contribution in [3.8, 4) is 0 Å². The van der Waals surface area contributed by atoms with E-state index in [-0.39, 0.29) is 19.3 Å². The number of anilines is 1. The fourth-order valence-corrected chi connectivity index (χ4v) is 2.83. The molecule has 0 saturated heterocycles. The topological polar surface area (TPSA) is 46.9 Å². The number of aryl methyl sites for hydroxylation is 1. The van der Waals surface area contributed by atoms with Gasteiger partial charge in [-0.05, 0) is 49.8 Å². The molecule has 0 unspecified atom stereocenters. The SMILES string of the molecule is C.Cc1ccc2nc(NC(=O)[C@@H](C)C(C)C)n(C3CCC3)c2c1. The number of aromatic nitrogens is 2. The van der Waals surface area contributed by atoms with Gasteiger partial charge in [-0.25, -0.2) is 4.98 Å². The van der Waals surface area contributed by atoms with Gasteiger partial charge in [0.15, 0.2) is 0 Å². The van der Waals surface area contributed by atoms with Gasteiger partial charge in [0.25, 0.3) is 0 Å². The number of nitrogens with zero attached hydrogens (tertiary/aromatic N) is 2. The first-order chi connectivity index (χ1) is 10.5. The first-order valence-corrected chi connectivity index (χ1v) is 8.27. The van der Waals surface area contributed by atoms with Crippen LogP contribution in [0.1, 0.15) is 59.1 Å². The maximum Gasteiger partial charge on any atom is 0.229 e. The van der Waals surface area contributed by atoms with Gasteiger partial charge in [-0.1, -0.05) is 34.3 Å². The van der Waals surface area contributed by atoms with Crippen LogP contribution in [0.4, 0.5) is 5.95 Å². The molecule has 1 aliphatic carbocycles. The van der Waals surface area contributed by atoms with E-state index < -0.39 is 0 Å². The molecule has 1 atom stereocenters. The molecule has 2 aromatic rings. The average Bonchev–Trinajstić information content (AvgIpc) is 2.74. The predicted octanol–water partition coefficient (Wildman–Crippen LogP) is 4.94. The van der Waals surface area contributed by atoms with Crippen LogP contribution < -0.4 is 5.32 Å².